The zero-order chi connectivity index (χ0) is 13.2. The van der Waals surface area contributed by atoms with Crippen LogP contribution >= 0.6 is 70.9 Å². The molecule has 8 atom stereocenters. The number of rotatable bonds is 4. The molecule has 18 heavy (non-hydrogen) atoms. The van der Waals surface area contributed by atoms with Crippen LogP contribution in [0.3, 0.4) is 0 Å². The Morgan fingerprint density at radius 1 is 1.06 bits per heavy atom. The molecule has 0 aliphatic heterocycles. The van der Waals surface area contributed by atoms with Gasteiger partial charge in [-0.15, -0.1) is 63.8 Å². The first kappa shape index (κ1) is 15.6. The van der Waals surface area contributed by atoms with E-state index in [1.807, 2.05) is 0 Å². The highest BCUT2D eigenvalue weighted by Crippen LogP contribution is 2.83. The lowest BCUT2D eigenvalue weighted by molar-refractivity contribution is 0.612. The molecule has 0 saturated heterocycles. The average molecular weight is 524 g/mol. The van der Waals surface area contributed by atoms with E-state index in [1.54, 1.807) is 6.42 Å². The van der Waals surface area contributed by atoms with E-state index in [9.17, 15) is 0 Å². The van der Waals surface area contributed by atoms with Gasteiger partial charge in [0.15, 0.2) is 0 Å². The van der Waals surface area contributed by atoms with Gasteiger partial charge in [0, 0.05) is 0 Å². The van der Waals surface area contributed by atoms with Gasteiger partial charge >= 0.3 is 0 Å². The number of halogens is 3. The van der Waals surface area contributed by atoms with Crippen LogP contribution in [-0.4, -0.2) is 26.2 Å². The van der Waals surface area contributed by atoms with Crippen LogP contribution in [0.25, 0.3) is 0 Å². The Balaban J connectivity index is 1.82. The summed E-state index contributed by atoms with van der Waals surface area (Å²) in [5.74, 6) is 4.29. The minimum atomic E-state index is -0.200. The van der Waals surface area contributed by atoms with Gasteiger partial charge in [-0.1, -0.05) is 20.8 Å². The van der Waals surface area contributed by atoms with Gasteiger partial charge in [0.05, 0.1) is 0 Å². The summed E-state index contributed by atoms with van der Waals surface area (Å²) in [4.78, 5) is 2.60. The Kier molecular flexibility index (Phi) is 4.71. The van der Waals surface area contributed by atoms with E-state index in [1.165, 1.54) is 9.71 Å². The minimum absolute atomic E-state index is 0.184. The van der Waals surface area contributed by atoms with Crippen molar-refractivity contribution < 1.29 is 0 Å². The van der Waals surface area contributed by atoms with Crippen LogP contribution in [0.15, 0.2) is 0 Å². The quantitative estimate of drug-likeness (QED) is 0.278. The number of hydrogen-bond donors (Lipinski definition) is 0. The van der Waals surface area contributed by atoms with Crippen molar-refractivity contribution in [3.05, 3.63) is 0 Å². The monoisotopic (exact) mass is 524 g/mol. The van der Waals surface area contributed by atoms with Crippen molar-refractivity contribution in [2.24, 2.45) is 23.7 Å². The van der Waals surface area contributed by atoms with Gasteiger partial charge in [-0.25, -0.2) is 0 Å². The third kappa shape index (κ3) is 2.29. The van der Waals surface area contributed by atoms with Gasteiger partial charge in [-0.2, -0.15) is 0 Å². The highest BCUT2D eigenvalue weighted by Gasteiger charge is 2.75. The Morgan fingerprint density at radius 2 is 1.67 bits per heavy atom. The summed E-state index contributed by atoms with van der Waals surface area (Å²) in [7, 11) is -0.0167. The van der Waals surface area contributed by atoms with Crippen molar-refractivity contribution in [1.29, 1.82) is 0 Å². The molecule has 4 saturated carbocycles. The first-order valence-corrected chi connectivity index (χ1v) is 13.9. The molecule has 4 fully saturated rings. The van der Waals surface area contributed by atoms with Crippen LogP contribution in [0.4, 0.5) is 0 Å². The van der Waals surface area contributed by atoms with Crippen LogP contribution in [0, 0.1) is 23.7 Å². The second-order valence-corrected chi connectivity index (χ2v) is 17.1. The molecule has 0 aromatic rings. The topological polar surface area (TPSA) is 0 Å². The molecule has 4 bridgehead atoms. The van der Waals surface area contributed by atoms with E-state index in [4.69, 9.17) is 11.2 Å². The molecule has 8 unspecified atom stereocenters. The lowest BCUT2D eigenvalue weighted by atomic mass is 10.1. The molecule has 100 valence electrons. The summed E-state index contributed by atoms with van der Waals surface area (Å²) in [5.41, 5.74) is 2.01. The van der Waals surface area contributed by atoms with Gasteiger partial charge in [-0.05, 0) is 53.7 Å². The van der Waals surface area contributed by atoms with E-state index in [0.717, 1.165) is 35.0 Å². The summed E-state index contributed by atoms with van der Waals surface area (Å²) in [5, 5.41) is 0.537. The zero-order valence-corrected chi connectivity index (χ0v) is 18.0. The van der Waals surface area contributed by atoms with Crippen LogP contribution in [0.5, 0.6) is 0 Å². The lowest BCUT2D eigenvalue weighted by Gasteiger charge is -2.38. The fourth-order valence-electron chi connectivity index (χ4n) is 4.69. The summed E-state index contributed by atoms with van der Waals surface area (Å²) >= 11 is 11.9. The van der Waals surface area contributed by atoms with Crippen LogP contribution in [-0.2, 0) is 0 Å². The predicted molar refractivity (Wildman–Crippen MR) is 108 cm³/mol. The predicted octanol–water partition coefficient (Wildman–Crippen LogP) is 4.94. The van der Waals surface area contributed by atoms with Gasteiger partial charge in [0.2, 0.25) is 9.71 Å². The maximum atomic E-state index is 6.70. The first-order chi connectivity index (χ1) is 8.41. The molecule has 0 spiro atoms. The average Bonchev–Trinajstić information content (AvgIpc) is 2.64. The van der Waals surface area contributed by atoms with Crippen molar-refractivity contribution in [2.45, 2.75) is 43.7 Å². The maximum Gasteiger partial charge on any atom is 0.247 e. The van der Waals surface area contributed by atoms with Gasteiger partial charge in [0.1, 0.15) is 0 Å². The highest BCUT2D eigenvalue weighted by molar-refractivity contribution is 14.1. The Morgan fingerprint density at radius 3 is 2.11 bits per heavy atom. The molecule has 4 aliphatic carbocycles. The van der Waals surface area contributed by atoms with Crippen molar-refractivity contribution in [2.75, 3.05) is 0 Å². The molecule has 7 heteroatoms. The Hall–Kier alpha value is 2.74. The van der Waals surface area contributed by atoms with Crippen molar-refractivity contribution in [1.82, 2.24) is 0 Å². The second kappa shape index (κ2) is 5.43. The standard InChI is InChI=1S/C11H19B2ClI2P2/c1-11(2,3)17(12-15)9-6-4-5-7(9)8(5)10(6)18(14)13-16/h5-10,12-13H,4H2,1-3H3. The van der Waals surface area contributed by atoms with E-state index in [0.29, 0.717) is 5.16 Å². The van der Waals surface area contributed by atoms with Crippen molar-refractivity contribution in [3.63, 3.8) is 0 Å². The molecule has 0 heterocycles. The molecule has 0 N–H and O–H groups in total. The van der Waals surface area contributed by atoms with E-state index in [2.05, 4.69) is 65.5 Å². The van der Waals surface area contributed by atoms with Gasteiger partial charge in [-0.3, -0.25) is 0 Å². The fourth-order valence-corrected chi connectivity index (χ4v) is 16.1. The van der Waals surface area contributed by atoms with Crippen LogP contribution in [0.1, 0.15) is 27.2 Å². The van der Waals surface area contributed by atoms with E-state index >= 15 is 0 Å². The highest BCUT2D eigenvalue weighted by atomic mass is 127. The van der Waals surface area contributed by atoms with Crippen LogP contribution in [0.2, 0.25) is 0 Å². The molecule has 4 rings (SSSR count). The van der Waals surface area contributed by atoms with Crippen molar-refractivity contribution >= 4 is 80.7 Å². The third-order valence-corrected chi connectivity index (χ3v) is 17.0. The van der Waals surface area contributed by atoms with Crippen molar-refractivity contribution in [3.8, 4) is 0 Å². The lowest BCUT2D eigenvalue weighted by Crippen LogP contribution is -2.27. The second-order valence-electron chi connectivity index (χ2n) is 6.98. The van der Waals surface area contributed by atoms with Crippen LogP contribution < -0.4 is 0 Å². The van der Waals surface area contributed by atoms with Gasteiger partial charge in [0.25, 0.3) is 0 Å². The SMILES string of the molecule is CC(C)(C)P(BI)C1C2CC3C(C31)C2P(Cl)BI. The summed E-state index contributed by atoms with van der Waals surface area (Å²) in [6.45, 7) is 7.42. The molecule has 0 nitrogen and oxygen atoms in total. The first-order valence-electron chi connectivity index (χ1n) is 6.73. The largest absolute Gasteiger partial charge is 0.247 e. The molecule has 4 aliphatic rings. The Bertz CT molecular complexity index is 354. The molecule has 0 aromatic carbocycles. The molecular formula is C11H19B2ClI2P2. The summed E-state index contributed by atoms with van der Waals surface area (Å²) in [6, 6.07) is 0. The minimum Gasteiger partial charge on any atom is -0.148 e. The third-order valence-electron chi connectivity index (χ3n) is 5.29. The molecule has 0 radical (unpaired) electrons. The normalized spacial score (nSPS) is 47.9. The molecular weight excluding hydrogens is 505 g/mol. The van der Waals surface area contributed by atoms with E-state index in [-0.39, 0.29) is 15.0 Å². The Labute approximate surface area is 146 Å². The summed E-state index contributed by atoms with van der Waals surface area (Å²) < 4.78 is 0. The fraction of sp³-hybridized carbons (Fsp3) is 1.00. The van der Waals surface area contributed by atoms with E-state index < -0.39 is 0 Å². The number of hydrogen-bond acceptors (Lipinski definition) is 0. The van der Waals surface area contributed by atoms with Gasteiger partial charge < -0.3 is 0 Å². The maximum absolute atomic E-state index is 6.70. The molecule has 0 amide bonds. The molecule has 0 aromatic heterocycles. The smallest absolute Gasteiger partial charge is 0.148 e. The summed E-state index contributed by atoms with van der Waals surface area (Å²) in [6.07, 6.45) is 1.54. The zero-order valence-electron chi connectivity index (χ0n) is 11.1.